The van der Waals surface area contributed by atoms with Crippen molar-refractivity contribution in [3.05, 3.63) is 23.8 Å². The highest BCUT2D eigenvalue weighted by Gasteiger charge is 2.51. The molecule has 1 aromatic carbocycles. The second-order valence-electron chi connectivity index (χ2n) is 8.00. The molecule has 1 fully saturated rings. The van der Waals surface area contributed by atoms with Crippen LogP contribution in [-0.4, -0.2) is 24.2 Å². The topological polar surface area (TPSA) is 47.6 Å². The highest BCUT2D eigenvalue weighted by Crippen LogP contribution is 2.39. The van der Waals surface area contributed by atoms with Gasteiger partial charge >= 0.3 is 7.12 Å². The van der Waals surface area contributed by atoms with Crippen LogP contribution in [0.2, 0.25) is 0 Å². The fourth-order valence-electron chi connectivity index (χ4n) is 3.07. The van der Waals surface area contributed by atoms with Crippen molar-refractivity contribution in [2.45, 2.75) is 64.6 Å². The first-order valence-electron chi connectivity index (χ1n) is 7.82. The predicted molar refractivity (Wildman–Crippen MR) is 88.4 cm³/mol. The first kappa shape index (κ1) is 15.6. The summed E-state index contributed by atoms with van der Waals surface area (Å²) in [4.78, 5) is 11.9. The number of amides is 1. The van der Waals surface area contributed by atoms with Crippen LogP contribution in [0.1, 0.15) is 53.5 Å². The van der Waals surface area contributed by atoms with Crippen molar-refractivity contribution in [1.29, 1.82) is 0 Å². The lowest BCUT2D eigenvalue weighted by atomic mass is 9.73. The largest absolute Gasteiger partial charge is 0.494 e. The smallest absolute Gasteiger partial charge is 0.399 e. The second kappa shape index (κ2) is 4.59. The molecule has 118 valence electrons. The van der Waals surface area contributed by atoms with Crippen molar-refractivity contribution < 1.29 is 14.1 Å². The number of nitrogens with one attached hydrogen (secondary N) is 1. The zero-order chi connectivity index (χ0) is 16.3. The molecule has 1 amide bonds. The molecule has 0 atom stereocenters. The SMILES string of the molecule is CC1(C)CC(=O)Nc2cc(B3OC(C)(C)C(C)(C)O3)ccc21. The normalized spacial score (nSPS) is 24.8. The Morgan fingerprint density at radius 2 is 1.64 bits per heavy atom. The van der Waals surface area contributed by atoms with Gasteiger partial charge in [-0.3, -0.25) is 4.79 Å². The molecular weight excluding hydrogens is 277 g/mol. The van der Waals surface area contributed by atoms with Crippen LogP contribution in [0.5, 0.6) is 0 Å². The third-order valence-corrected chi connectivity index (χ3v) is 5.17. The summed E-state index contributed by atoms with van der Waals surface area (Å²) < 4.78 is 12.2. The molecular formula is C17H24BNO3. The molecule has 0 aliphatic carbocycles. The third kappa shape index (κ3) is 2.36. The molecule has 22 heavy (non-hydrogen) atoms. The third-order valence-electron chi connectivity index (χ3n) is 5.17. The first-order valence-corrected chi connectivity index (χ1v) is 7.82. The molecule has 1 saturated heterocycles. The van der Waals surface area contributed by atoms with E-state index in [0.717, 1.165) is 16.7 Å². The molecule has 0 unspecified atom stereocenters. The van der Waals surface area contributed by atoms with Crippen LogP contribution in [0.15, 0.2) is 18.2 Å². The van der Waals surface area contributed by atoms with E-state index in [1.165, 1.54) is 0 Å². The van der Waals surface area contributed by atoms with Crippen LogP contribution in [0.25, 0.3) is 0 Å². The quantitative estimate of drug-likeness (QED) is 0.811. The molecule has 1 N–H and O–H groups in total. The van der Waals surface area contributed by atoms with E-state index in [1.54, 1.807) is 0 Å². The van der Waals surface area contributed by atoms with Gasteiger partial charge in [-0.25, -0.2) is 0 Å². The van der Waals surface area contributed by atoms with Gasteiger partial charge in [-0.05, 0) is 44.8 Å². The summed E-state index contributed by atoms with van der Waals surface area (Å²) in [6.07, 6.45) is 0.510. The van der Waals surface area contributed by atoms with Gasteiger partial charge in [-0.15, -0.1) is 0 Å². The Morgan fingerprint density at radius 1 is 1.05 bits per heavy atom. The molecule has 3 rings (SSSR count). The monoisotopic (exact) mass is 301 g/mol. The molecule has 1 aromatic rings. The molecule has 0 aromatic heterocycles. The summed E-state index contributed by atoms with van der Waals surface area (Å²) in [5, 5.41) is 2.97. The number of rotatable bonds is 1. The van der Waals surface area contributed by atoms with Gasteiger partial charge in [0.05, 0.1) is 11.2 Å². The van der Waals surface area contributed by atoms with Crippen LogP contribution < -0.4 is 10.8 Å². The van der Waals surface area contributed by atoms with E-state index < -0.39 is 7.12 Å². The van der Waals surface area contributed by atoms with E-state index >= 15 is 0 Å². The predicted octanol–water partition coefficient (Wildman–Crippen LogP) is 2.61. The van der Waals surface area contributed by atoms with Gasteiger partial charge in [0.1, 0.15) is 0 Å². The van der Waals surface area contributed by atoms with Gasteiger partial charge < -0.3 is 14.6 Å². The van der Waals surface area contributed by atoms with Crippen LogP contribution in [0.3, 0.4) is 0 Å². The fourth-order valence-corrected chi connectivity index (χ4v) is 3.07. The Hall–Kier alpha value is -1.33. The van der Waals surface area contributed by atoms with Gasteiger partial charge in [-0.2, -0.15) is 0 Å². The van der Waals surface area contributed by atoms with Gasteiger partial charge in [0.25, 0.3) is 0 Å². The van der Waals surface area contributed by atoms with Crippen LogP contribution in [-0.2, 0) is 19.5 Å². The fraction of sp³-hybridized carbons (Fsp3) is 0.588. The summed E-state index contributed by atoms with van der Waals surface area (Å²) in [5.41, 5.74) is 2.09. The Kier molecular flexibility index (Phi) is 3.25. The zero-order valence-electron chi connectivity index (χ0n) is 14.2. The van der Waals surface area contributed by atoms with E-state index in [0.29, 0.717) is 6.42 Å². The Bertz CT molecular complexity index is 621. The van der Waals surface area contributed by atoms with Gasteiger partial charge in [-0.1, -0.05) is 26.0 Å². The van der Waals surface area contributed by atoms with E-state index in [4.69, 9.17) is 9.31 Å². The Morgan fingerprint density at radius 3 is 2.23 bits per heavy atom. The molecule has 2 aliphatic rings. The lowest BCUT2D eigenvalue weighted by Gasteiger charge is -2.32. The highest BCUT2D eigenvalue weighted by molar-refractivity contribution is 6.62. The van der Waals surface area contributed by atoms with Crippen LogP contribution in [0.4, 0.5) is 5.69 Å². The minimum Gasteiger partial charge on any atom is -0.399 e. The molecule has 0 bridgehead atoms. The van der Waals surface area contributed by atoms with E-state index in [9.17, 15) is 4.79 Å². The summed E-state index contributed by atoms with van der Waals surface area (Å²) in [6.45, 7) is 12.3. The number of anilines is 1. The molecule has 4 nitrogen and oxygen atoms in total. The van der Waals surface area contributed by atoms with Crippen LogP contribution >= 0.6 is 0 Å². The van der Waals surface area contributed by atoms with Gasteiger partial charge in [0, 0.05) is 17.5 Å². The summed E-state index contributed by atoms with van der Waals surface area (Å²) >= 11 is 0. The number of carbonyl (C=O) groups excluding carboxylic acids is 1. The van der Waals surface area contributed by atoms with E-state index in [2.05, 4.69) is 25.2 Å². The highest BCUT2D eigenvalue weighted by atomic mass is 16.7. The maximum absolute atomic E-state index is 11.9. The number of carbonyl (C=O) groups is 1. The molecule has 0 saturated carbocycles. The summed E-state index contributed by atoms with van der Waals surface area (Å²) in [5.74, 6) is 0.0589. The Balaban J connectivity index is 1.96. The molecule has 2 aliphatic heterocycles. The lowest BCUT2D eigenvalue weighted by molar-refractivity contribution is -0.117. The average molecular weight is 301 g/mol. The number of fused-ring (bicyclic) bond motifs is 1. The second-order valence-corrected chi connectivity index (χ2v) is 8.00. The molecule has 2 heterocycles. The maximum atomic E-state index is 11.9. The number of hydrogen-bond donors (Lipinski definition) is 1. The molecule has 0 radical (unpaired) electrons. The molecule has 5 heteroatoms. The molecule has 0 spiro atoms. The number of hydrogen-bond acceptors (Lipinski definition) is 3. The average Bonchev–Trinajstić information content (AvgIpc) is 2.56. The maximum Gasteiger partial charge on any atom is 0.494 e. The van der Waals surface area contributed by atoms with Crippen molar-refractivity contribution >= 4 is 24.2 Å². The van der Waals surface area contributed by atoms with Crippen molar-refractivity contribution in [3.63, 3.8) is 0 Å². The zero-order valence-corrected chi connectivity index (χ0v) is 14.2. The van der Waals surface area contributed by atoms with Crippen LogP contribution in [0, 0.1) is 0 Å². The summed E-state index contributed by atoms with van der Waals surface area (Å²) in [6, 6.07) is 6.10. The van der Waals surface area contributed by atoms with Crippen molar-refractivity contribution in [1.82, 2.24) is 0 Å². The standard InChI is InChI=1S/C17H24BNO3/c1-15(2)10-14(20)19-13-9-11(7-8-12(13)15)18-21-16(3,4)17(5,6)22-18/h7-9H,10H2,1-6H3,(H,19,20). The first-order chi connectivity index (χ1) is 10.0. The van der Waals surface area contributed by atoms with E-state index in [1.807, 2.05) is 39.8 Å². The van der Waals surface area contributed by atoms with E-state index in [-0.39, 0.29) is 22.5 Å². The van der Waals surface area contributed by atoms with Crippen molar-refractivity contribution in [2.24, 2.45) is 0 Å². The van der Waals surface area contributed by atoms with Gasteiger partial charge in [0.15, 0.2) is 0 Å². The Labute approximate surface area is 132 Å². The van der Waals surface area contributed by atoms with Crippen molar-refractivity contribution in [2.75, 3.05) is 5.32 Å². The number of benzene rings is 1. The summed E-state index contributed by atoms with van der Waals surface area (Å²) in [7, 11) is -0.405. The minimum atomic E-state index is -0.405. The minimum absolute atomic E-state index is 0.0589. The lowest BCUT2D eigenvalue weighted by Crippen LogP contribution is -2.41. The van der Waals surface area contributed by atoms with Gasteiger partial charge in [0.2, 0.25) is 5.91 Å². The van der Waals surface area contributed by atoms with Crippen molar-refractivity contribution in [3.8, 4) is 0 Å².